The maximum atomic E-state index is 13.6. The summed E-state index contributed by atoms with van der Waals surface area (Å²) in [5.41, 5.74) is 2.63. The Morgan fingerprint density at radius 1 is 1.12 bits per heavy atom. The quantitative estimate of drug-likeness (QED) is 0.589. The Balaban J connectivity index is 1.74. The fourth-order valence-corrected chi connectivity index (χ4v) is 4.72. The van der Waals surface area contributed by atoms with Crippen molar-refractivity contribution < 1.29 is 13.9 Å². The third-order valence-electron chi connectivity index (χ3n) is 6.29. The molecule has 0 bridgehead atoms. The van der Waals surface area contributed by atoms with Crippen molar-refractivity contribution in [3.63, 3.8) is 0 Å². The average Bonchev–Trinajstić information content (AvgIpc) is 3.48. The van der Waals surface area contributed by atoms with E-state index in [1.165, 1.54) is 18.5 Å². The normalized spacial score (nSPS) is 20.2. The molecule has 9 heteroatoms. The molecule has 1 amide bonds. The molecular formula is C23H27FN6O2. The molecule has 8 nitrogen and oxygen atoms in total. The highest BCUT2D eigenvalue weighted by Gasteiger charge is 2.44. The van der Waals surface area contributed by atoms with Crippen LogP contribution < -0.4 is 9.64 Å². The van der Waals surface area contributed by atoms with E-state index in [1.54, 1.807) is 42.9 Å². The molecule has 2 aromatic carbocycles. The number of amides is 1. The van der Waals surface area contributed by atoms with Gasteiger partial charge in [-0.05, 0) is 59.2 Å². The van der Waals surface area contributed by atoms with Crippen LogP contribution in [0.5, 0.6) is 5.75 Å². The lowest BCUT2D eigenvalue weighted by molar-refractivity contribution is -0.133. The molecule has 0 N–H and O–H groups in total. The summed E-state index contributed by atoms with van der Waals surface area (Å²) in [6.45, 7) is 0. The van der Waals surface area contributed by atoms with Gasteiger partial charge in [-0.2, -0.15) is 0 Å². The van der Waals surface area contributed by atoms with Crippen molar-refractivity contribution in [3.05, 3.63) is 60.2 Å². The number of tetrazole rings is 1. The van der Waals surface area contributed by atoms with Gasteiger partial charge in [0.05, 0.1) is 18.5 Å². The molecule has 0 spiro atoms. The largest absolute Gasteiger partial charge is 0.495 e. The number of carbonyl (C=O) groups is 1. The van der Waals surface area contributed by atoms with Crippen molar-refractivity contribution in [2.75, 3.05) is 33.2 Å². The summed E-state index contributed by atoms with van der Waals surface area (Å²) in [5, 5.41) is 11.4. The molecule has 0 saturated heterocycles. The second kappa shape index (κ2) is 8.94. The SMILES string of the molecule is COc1ccc(-n2cnnn2)cc1N(C)[C@H]1CC[C@@H](C(=O)N(C)C)[C@@H]1c1ccc(F)cc1. The lowest BCUT2D eigenvalue weighted by atomic mass is 9.85. The first kappa shape index (κ1) is 21.7. The van der Waals surface area contributed by atoms with Crippen LogP contribution >= 0.6 is 0 Å². The third kappa shape index (κ3) is 4.02. The molecule has 0 radical (unpaired) electrons. The van der Waals surface area contributed by atoms with Crippen LogP contribution in [0, 0.1) is 11.7 Å². The van der Waals surface area contributed by atoms with Gasteiger partial charge in [0.25, 0.3) is 0 Å². The minimum atomic E-state index is -0.289. The zero-order valence-corrected chi connectivity index (χ0v) is 18.6. The highest BCUT2D eigenvalue weighted by atomic mass is 19.1. The summed E-state index contributed by atoms with van der Waals surface area (Å²) >= 11 is 0. The van der Waals surface area contributed by atoms with Gasteiger partial charge >= 0.3 is 0 Å². The van der Waals surface area contributed by atoms with Gasteiger partial charge in [0.1, 0.15) is 17.9 Å². The minimum Gasteiger partial charge on any atom is -0.495 e. The van der Waals surface area contributed by atoms with E-state index < -0.39 is 0 Å². The fourth-order valence-electron chi connectivity index (χ4n) is 4.72. The second-order valence-corrected chi connectivity index (χ2v) is 8.28. The topological polar surface area (TPSA) is 76.4 Å². The van der Waals surface area contributed by atoms with Gasteiger partial charge in [0, 0.05) is 39.0 Å². The summed E-state index contributed by atoms with van der Waals surface area (Å²) < 4.78 is 20.9. The molecule has 0 aliphatic heterocycles. The number of anilines is 1. The number of benzene rings is 2. The van der Waals surface area contributed by atoms with Crippen molar-refractivity contribution in [1.82, 2.24) is 25.1 Å². The molecule has 0 unspecified atom stereocenters. The molecule has 1 aliphatic carbocycles. The Morgan fingerprint density at radius 2 is 1.88 bits per heavy atom. The van der Waals surface area contributed by atoms with E-state index >= 15 is 0 Å². The first-order valence-corrected chi connectivity index (χ1v) is 10.5. The Hall–Kier alpha value is -3.49. The van der Waals surface area contributed by atoms with Crippen LogP contribution in [0.1, 0.15) is 24.3 Å². The van der Waals surface area contributed by atoms with E-state index in [4.69, 9.17) is 4.74 Å². The maximum Gasteiger partial charge on any atom is 0.225 e. The number of rotatable bonds is 6. The number of hydrogen-bond acceptors (Lipinski definition) is 6. The smallest absolute Gasteiger partial charge is 0.225 e. The average molecular weight is 439 g/mol. The predicted molar refractivity (Wildman–Crippen MR) is 118 cm³/mol. The van der Waals surface area contributed by atoms with Crippen LogP contribution in [0.2, 0.25) is 0 Å². The zero-order chi connectivity index (χ0) is 22.8. The molecule has 3 aromatic rings. The first-order chi connectivity index (χ1) is 15.4. The number of carbonyl (C=O) groups excluding carboxylic acids is 1. The highest BCUT2D eigenvalue weighted by molar-refractivity contribution is 5.80. The zero-order valence-electron chi connectivity index (χ0n) is 18.6. The number of likely N-dealkylation sites (N-methyl/N-ethyl adjacent to an activating group) is 1. The van der Waals surface area contributed by atoms with Gasteiger partial charge < -0.3 is 14.5 Å². The van der Waals surface area contributed by atoms with Gasteiger partial charge in [-0.3, -0.25) is 4.79 Å². The number of halogens is 1. The molecule has 168 valence electrons. The monoisotopic (exact) mass is 438 g/mol. The van der Waals surface area contributed by atoms with Gasteiger partial charge in [-0.25, -0.2) is 9.07 Å². The summed E-state index contributed by atoms with van der Waals surface area (Å²) in [5.74, 6) is 0.241. The lowest BCUT2D eigenvalue weighted by Crippen LogP contribution is -2.39. The van der Waals surface area contributed by atoms with Crippen molar-refractivity contribution in [2.24, 2.45) is 5.92 Å². The van der Waals surface area contributed by atoms with Crippen LogP contribution in [0.25, 0.3) is 5.69 Å². The number of ether oxygens (including phenoxy) is 1. The summed E-state index contributed by atoms with van der Waals surface area (Å²) in [4.78, 5) is 16.8. The van der Waals surface area contributed by atoms with Crippen LogP contribution in [-0.4, -0.2) is 65.3 Å². The summed E-state index contributed by atoms with van der Waals surface area (Å²) in [6, 6.07) is 12.3. The van der Waals surface area contributed by atoms with Crippen molar-refractivity contribution in [2.45, 2.75) is 24.8 Å². The van der Waals surface area contributed by atoms with Crippen molar-refractivity contribution in [1.29, 1.82) is 0 Å². The summed E-state index contributed by atoms with van der Waals surface area (Å²) in [6.07, 6.45) is 3.11. The van der Waals surface area contributed by atoms with Crippen LogP contribution in [0.3, 0.4) is 0 Å². The molecule has 1 saturated carbocycles. The standard InChI is InChI=1S/C23H27FN6O2/c1-28(2)23(31)18-10-11-19(22(18)15-5-7-16(24)8-6-15)29(3)20-13-17(9-12-21(20)32-4)30-14-25-26-27-30/h5-9,12-14,18-19,22H,10-11H2,1-4H3/t18-,19+,22+/m1/s1. The Morgan fingerprint density at radius 3 is 2.50 bits per heavy atom. The van der Waals surface area contributed by atoms with Crippen LogP contribution in [0.4, 0.5) is 10.1 Å². The number of aromatic nitrogens is 4. The highest BCUT2D eigenvalue weighted by Crippen LogP contribution is 2.45. The summed E-state index contributed by atoms with van der Waals surface area (Å²) in [7, 11) is 7.19. The second-order valence-electron chi connectivity index (χ2n) is 8.28. The van der Waals surface area contributed by atoms with Crippen LogP contribution in [-0.2, 0) is 4.79 Å². The minimum absolute atomic E-state index is 0.0207. The molecule has 1 aliphatic rings. The number of nitrogens with zero attached hydrogens (tertiary/aromatic N) is 6. The lowest BCUT2D eigenvalue weighted by Gasteiger charge is -2.35. The molecule has 1 heterocycles. The maximum absolute atomic E-state index is 13.6. The van der Waals surface area contributed by atoms with Crippen molar-refractivity contribution in [3.8, 4) is 11.4 Å². The van der Waals surface area contributed by atoms with E-state index in [0.717, 1.165) is 29.8 Å². The molecular weight excluding hydrogens is 411 g/mol. The molecule has 32 heavy (non-hydrogen) atoms. The number of hydrogen-bond donors (Lipinski definition) is 0. The van der Waals surface area contributed by atoms with Gasteiger partial charge in [0.15, 0.2) is 0 Å². The molecule has 4 rings (SSSR count). The van der Waals surface area contributed by atoms with Crippen LogP contribution in [0.15, 0.2) is 48.8 Å². The van der Waals surface area contributed by atoms with E-state index in [2.05, 4.69) is 20.4 Å². The van der Waals surface area contributed by atoms with Gasteiger partial charge in [-0.1, -0.05) is 12.1 Å². The Kier molecular flexibility index (Phi) is 6.07. The van der Waals surface area contributed by atoms with E-state index in [0.29, 0.717) is 5.75 Å². The first-order valence-electron chi connectivity index (χ1n) is 10.5. The predicted octanol–water partition coefficient (Wildman–Crippen LogP) is 2.90. The molecule has 3 atom stereocenters. The third-order valence-corrected chi connectivity index (χ3v) is 6.29. The van der Waals surface area contributed by atoms with E-state index in [9.17, 15) is 9.18 Å². The molecule has 1 aromatic heterocycles. The fraction of sp³-hybridized carbons (Fsp3) is 0.391. The molecule has 1 fully saturated rings. The van der Waals surface area contributed by atoms with Crippen molar-refractivity contribution >= 4 is 11.6 Å². The Labute approximate surface area is 186 Å². The van der Waals surface area contributed by atoms with E-state index in [-0.39, 0.29) is 29.6 Å². The number of methoxy groups -OCH3 is 1. The van der Waals surface area contributed by atoms with Gasteiger partial charge in [0.2, 0.25) is 5.91 Å². The van der Waals surface area contributed by atoms with E-state index in [1.807, 2.05) is 25.2 Å². The Bertz CT molecular complexity index is 1070. The van der Waals surface area contributed by atoms with Gasteiger partial charge in [-0.15, -0.1) is 5.10 Å².